The maximum atomic E-state index is 4.26. The van der Waals surface area contributed by atoms with Crippen molar-refractivity contribution in [1.82, 2.24) is 20.0 Å². The first kappa shape index (κ1) is 8.37. The fraction of sp³-hybridized carbons (Fsp3) is 0.375. The van der Waals surface area contributed by atoms with Crippen LogP contribution >= 0.6 is 11.3 Å². The zero-order valence-electron chi connectivity index (χ0n) is 7.56. The Hall–Kier alpha value is -1.23. The van der Waals surface area contributed by atoms with Crippen molar-refractivity contribution in [2.45, 2.75) is 13.3 Å². The second kappa shape index (κ2) is 3.26. The molecule has 0 saturated carbocycles. The van der Waals surface area contributed by atoms with Gasteiger partial charge in [0.05, 0.1) is 16.1 Å². The summed E-state index contributed by atoms with van der Waals surface area (Å²) in [5.41, 5.74) is 0.903. The minimum atomic E-state index is 0.903. The van der Waals surface area contributed by atoms with Crippen LogP contribution in [0.3, 0.4) is 0 Å². The molecule has 0 N–H and O–H groups in total. The molecule has 2 heterocycles. The van der Waals surface area contributed by atoms with Crippen molar-refractivity contribution in [3.05, 3.63) is 17.4 Å². The van der Waals surface area contributed by atoms with Gasteiger partial charge in [-0.25, -0.2) is 4.98 Å². The Balaban J connectivity index is 2.35. The largest absolute Gasteiger partial charge is 0.255 e. The van der Waals surface area contributed by atoms with E-state index in [9.17, 15) is 0 Å². The lowest BCUT2D eigenvalue weighted by molar-refractivity contribution is 0.715. The van der Waals surface area contributed by atoms with Crippen LogP contribution in [-0.2, 0) is 13.5 Å². The molecular formula is C8H10N4S. The summed E-state index contributed by atoms with van der Waals surface area (Å²) in [6.45, 7) is 2.10. The van der Waals surface area contributed by atoms with Crippen LogP contribution in [-0.4, -0.2) is 20.0 Å². The maximum Gasteiger partial charge on any atom is 0.124 e. The summed E-state index contributed by atoms with van der Waals surface area (Å²) >= 11 is 1.67. The van der Waals surface area contributed by atoms with Crippen LogP contribution in [0.4, 0.5) is 0 Å². The minimum absolute atomic E-state index is 0.903. The van der Waals surface area contributed by atoms with E-state index in [1.54, 1.807) is 16.0 Å². The van der Waals surface area contributed by atoms with Crippen LogP contribution in [0, 0.1) is 0 Å². The van der Waals surface area contributed by atoms with Crippen LogP contribution in [0.15, 0.2) is 12.4 Å². The molecule has 4 nitrogen and oxygen atoms in total. The van der Waals surface area contributed by atoms with E-state index < -0.39 is 0 Å². The van der Waals surface area contributed by atoms with Gasteiger partial charge in [0, 0.05) is 13.2 Å². The molecule has 0 saturated heterocycles. The lowest BCUT2D eigenvalue weighted by Crippen LogP contribution is -1.85. The van der Waals surface area contributed by atoms with Gasteiger partial charge in [-0.05, 0) is 6.42 Å². The van der Waals surface area contributed by atoms with Gasteiger partial charge in [-0.15, -0.1) is 16.4 Å². The van der Waals surface area contributed by atoms with E-state index in [0.717, 1.165) is 22.0 Å². The Morgan fingerprint density at radius 2 is 2.38 bits per heavy atom. The van der Waals surface area contributed by atoms with E-state index in [0.29, 0.717) is 0 Å². The summed E-state index contributed by atoms with van der Waals surface area (Å²) < 4.78 is 1.70. The highest BCUT2D eigenvalue weighted by Crippen LogP contribution is 2.23. The third kappa shape index (κ3) is 1.60. The summed E-state index contributed by atoms with van der Waals surface area (Å²) in [6, 6.07) is 0. The lowest BCUT2D eigenvalue weighted by atomic mass is 10.4. The molecule has 0 aliphatic heterocycles. The van der Waals surface area contributed by atoms with E-state index in [1.807, 2.05) is 19.4 Å². The van der Waals surface area contributed by atoms with Gasteiger partial charge < -0.3 is 0 Å². The summed E-state index contributed by atoms with van der Waals surface area (Å²) in [7, 11) is 1.86. The normalized spacial score (nSPS) is 10.6. The molecule has 0 aromatic carbocycles. The molecule has 13 heavy (non-hydrogen) atoms. The van der Waals surface area contributed by atoms with Gasteiger partial charge in [-0.3, -0.25) is 4.68 Å². The fourth-order valence-corrected chi connectivity index (χ4v) is 1.86. The molecule has 2 aromatic rings. The highest BCUT2D eigenvalue weighted by molar-refractivity contribution is 7.15. The van der Waals surface area contributed by atoms with E-state index in [2.05, 4.69) is 22.2 Å². The molecule has 0 aliphatic carbocycles. The number of aromatic nitrogens is 4. The maximum absolute atomic E-state index is 4.26. The van der Waals surface area contributed by atoms with E-state index in [4.69, 9.17) is 0 Å². The van der Waals surface area contributed by atoms with Gasteiger partial charge in [0.15, 0.2) is 0 Å². The Morgan fingerprint density at radius 3 is 2.92 bits per heavy atom. The third-order valence-corrected chi connectivity index (χ3v) is 2.88. The molecule has 2 aromatic heterocycles. The van der Waals surface area contributed by atoms with E-state index >= 15 is 0 Å². The van der Waals surface area contributed by atoms with E-state index in [-0.39, 0.29) is 0 Å². The Labute approximate surface area is 80.2 Å². The molecule has 0 unspecified atom stereocenters. The third-order valence-electron chi connectivity index (χ3n) is 1.71. The average molecular weight is 194 g/mol. The number of aryl methyl sites for hydroxylation is 2. The minimum Gasteiger partial charge on any atom is -0.255 e. The monoisotopic (exact) mass is 194 g/mol. The first-order valence-electron chi connectivity index (χ1n) is 4.11. The van der Waals surface area contributed by atoms with Gasteiger partial charge in [0.1, 0.15) is 5.69 Å². The van der Waals surface area contributed by atoms with Crippen molar-refractivity contribution in [3.8, 4) is 10.6 Å². The number of thiazole rings is 1. The van der Waals surface area contributed by atoms with Gasteiger partial charge in [-0.2, -0.15) is 0 Å². The summed E-state index contributed by atoms with van der Waals surface area (Å²) in [5, 5.41) is 9.03. The standard InChI is InChI=1S/C8H10N4S/c1-3-8-9-4-7(13-8)6-5-12(2)11-10-6/h4-5H,3H2,1-2H3. The molecule has 0 radical (unpaired) electrons. The second-order valence-electron chi connectivity index (χ2n) is 2.75. The van der Waals surface area contributed by atoms with Crippen molar-refractivity contribution in [3.63, 3.8) is 0 Å². The molecular weight excluding hydrogens is 184 g/mol. The summed E-state index contributed by atoms with van der Waals surface area (Å²) in [5.74, 6) is 0. The van der Waals surface area contributed by atoms with Gasteiger partial charge >= 0.3 is 0 Å². The van der Waals surface area contributed by atoms with Gasteiger partial charge in [0.2, 0.25) is 0 Å². The van der Waals surface area contributed by atoms with Crippen LogP contribution < -0.4 is 0 Å². The molecule has 0 amide bonds. The van der Waals surface area contributed by atoms with Gasteiger partial charge in [0.25, 0.3) is 0 Å². The van der Waals surface area contributed by atoms with Crippen molar-refractivity contribution in [2.75, 3.05) is 0 Å². The van der Waals surface area contributed by atoms with Crippen molar-refractivity contribution >= 4 is 11.3 Å². The molecule has 0 atom stereocenters. The first-order valence-corrected chi connectivity index (χ1v) is 4.92. The highest BCUT2D eigenvalue weighted by atomic mass is 32.1. The highest BCUT2D eigenvalue weighted by Gasteiger charge is 2.05. The SMILES string of the molecule is CCc1ncc(-c2cn(C)nn2)s1. The summed E-state index contributed by atoms with van der Waals surface area (Å²) in [6.07, 6.45) is 4.73. The number of hydrogen-bond acceptors (Lipinski definition) is 4. The molecule has 5 heteroatoms. The predicted molar refractivity (Wildman–Crippen MR) is 51.5 cm³/mol. The van der Waals surface area contributed by atoms with Gasteiger partial charge in [-0.1, -0.05) is 12.1 Å². The fourth-order valence-electron chi connectivity index (χ4n) is 1.05. The Kier molecular flexibility index (Phi) is 2.10. The van der Waals surface area contributed by atoms with Crippen LogP contribution in [0.2, 0.25) is 0 Å². The number of rotatable bonds is 2. The molecule has 68 valence electrons. The van der Waals surface area contributed by atoms with Crippen molar-refractivity contribution < 1.29 is 0 Å². The average Bonchev–Trinajstić information content (AvgIpc) is 2.71. The molecule has 0 bridgehead atoms. The number of hydrogen-bond donors (Lipinski definition) is 0. The van der Waals surface area contributed by atoms with Crippen molar-refractivity contribution in [2.24, 2.45) is 7.05 Å². The molecule has 2 rings (SSSR count). The van der Waals surface area contributed by atoms with Crippen molar-refractivity contribution in [1.29, 1.82) is 0 Å². The smallest absolute Gasteiger partial charge is 0.124 e. The molecule has 0 aliphatic rings. The van der Waals surface area contributed by atoms with Crippen LogP contribution in [0.5, 0.6) is 0 Å². The zero-order valence-corrected chi connectivity index (χ0v) is 8.38. The first-order chi connectivity index (χ1) is 6.29. The predicted octanol–water partition coefficient (Wildman–Crippen LogP) is 1.50. The zero-order chi connectivity index (χ0) is 9.26. The lowest BCUT2D eigenvalue weighted by Gasteiger charge is -1.84. The molecule has 0 spiro atoms. The Morgan fingerprint density at radius 1 is 1.54 bits per heavy atom. The topological polar surface area (TPSA) is 43.6 Å². The van der Waals surface area contributed by atoms with Crippen LogP contribution in [0.1, 0.15) is 11.9 Å². The van der Waals surface area contributed by atoms with Crippen LogP contribution in [0.25, 0.3) is 10.6 Å². The molecule has 0 fully saturated rings. The number of nitrogens with zero attached hydrogens (tertiary/aromatic N) is 4. The second-order valence-corrected chi connectivity index (χ2v) is 3.86. The quantitative estimate of drug-likeness (QED) is 0.727. The van der Waals surface area contributed by atoms with E-state index in [1.165, 1.54) is 0 Å². The summed E-state index contributed by atoms with van der Waals surface area (Å²) in [4.78, 5) is 5.35. The Bertz CT molecular complexity index is 404.